The smallest absolute Gasteiger partial charge is 0.126 e. The van der Waals surface area contributed by atoms with Crippen molar-refractivity contribution in [3.63, 3.8) is 0 Å². The second-order valence-corrected chi connectivity index (χ2v) is 6.53. The lowest BCUT2D eigenvalue weighted by Gasteiger charge is -2.18. The van der Waals surface area contributed by atoms with Gasteiger partial charge in [0, 0.05) is 12.6 Å². The predicted octanol–water partition coefficient (Wildman–Crippen LogP) is 2.52. The van der Waals surface area contributed by atoms with Gasteiger partial charge < -0.3 is 0 Å². The van der Waals surface area contributed by atoms with E-state index in [1.54, 1.807) is 0 Å². The lowest BCUT2D eigenvalue weighted by atomic mass is 10.2. The van der Waals surface area contributed by atoms with Crippen molar-refractivity contribution in [2.75, 3.05) is 0 Å². The molecule has 0 aliphatic rings. The molecule has 1 N–H and O–H groups in total. The number of benzene rings is 1. The summed E-state index contributed by atoms with van der Waals surface area (Å²) in [7, 11) is -1.25. The maximum absolute atomic E-state index is 12.8. The summed E-state index contributed by atoms with van der Waals surface area (Å²) in [5.74, 6) is -1.25. The van der Waals surface area contributed by atoms with Crippen molar-refractivity contribution in [2.45, 2.75) is 32.1 Å². The molecule has 0 radical (unpaired) electrons. The van der Waals surface area contributed by atoms with Gasteiger partial charge in [-0.3, -0.25) is 0 Å². The highest BCUT2D eigenvalue weighted by atomic mass is 32.2. The van der Waals surface area contributed by atoms with Gasteiger partial charge in [-0.1, -0.05) is 0 Å². The first kappa shape index (κ1) is 13.3. The Morgan fingerprint density at radius 1 is 1.19 bits per heavy atom. The molecule has 0 heterocycles. The molecule has 1 aromatic carbocycles. The number of hydrogen-bond acceptors (Lipinski definition) is 1. The Bertz CT molecular complexity index is 381. The summed E-state index contributed by atoms with van der Waals surface area (Å²) in [6, 6.07) is 3.25. The van der Waals surface area contributed by atoms with Gasteiger partial charge in [0.15, 0.2) is 0 Å². The number of hydrogen-bond donors (Lipinski definition) is 1. The van der Waals surface area contributed by atoms with Crippen LogP contribution in [-0.2, 0) is 17.5 Å². The first-order chi connectivity index (χ1) is 7.29. The van der Waals surface area contributed by atoms with Crippen molar-refractivity contribution in [3.05, 3.63) is 35.4 Å². The molecule has 0 aliphatic carbocycles. The molecule has 0 saturated heterocycles. The molecule has 1 atom stereocenters. The van der Waals surface area contributed by atoms with Crippen molar-refractivity contribution < 1.29 is 13.0 Å². The summed E-state index contributed by atoms with van der Waals surface area (Å²) in [6.07, 6.45) is 0. The zero-order valence-corrected chi connectivity index (χ0v) is 10.3. The minimum atomic E-state index is -1.25. The van der Waals surface area contributed by atoms with E-state index in [0.29, 0.717) is 5.56 Å². The van der Waals surface area contributed by atoms with Crippen LogP contribution in [0.1, 0.15) is 26.3 Å². The predicted molar refractivity (Wildman–Crippen MR) is 61.1 cm³/mol. The lowest BCUT2D eigenvalue weighted by Crippen LogP contribution is -2.32. The first-order valence-corrected chi connectivity index (χ1v) is 6.04. The van der Waals surface area contributed by atoms with E-state index in [9.17, 15) is 13.0 Å². The van der Waals surface area contributed by atoms with Gasteiger partial charge in [0.05, 0.1) is 15.7 Å². The van der Waals surface area contributed by atoms with Crippen molar-refractivity contribution in [1.29, 1.82) is 0 Å². The quantitative estimate of drug-likeness (QED) is 0.873. The van der Waals surface area contributed by atoms with E-state index in [0.717, 1.165) is 6.07 Å². The summed E-state index contributed by atoms with van der Waals surface area (Å²) < 4.78 is 39.6. The van der Waals surface area contributed by atoms with Gasteiger partial charge in [0.1, 0.15) is 11.6 Å². The maximum atomic E-state index is 12.8. The third kappa shape index (κ3) is 3.98. The third-order valence-electron chi connectivity index (χ3n) is 1.89. The molecule has 1 rings (SSSR count). The van der Waals surface area contributed by atoms with Crippen molar-refractivity contribution in [2.24, 2.45) is 0 Å². The van der Waals surface area contributed by atoms with E-state index in [-0.39, 0.29) is 6.54 Å². The number of nitrogens with one attached hydrogen (secondary N) is 1. The maximum Gasteiger partial charge on any atom is 0.126 e. The Balaban J connectivity index is 2.65. The summed E-state index contributed by atoms with van der Waals surface area (Å²) in [5, 5.41) is 0. The molecule has 0 bridgehead atoms. The Hall–Kier alpha value is -0.810. The van der Waals surface area contributed by atoms with Crippen LogP contribution in [0.4, 0.5) is 8.78 Å². The standard InChI is InChI=1S/C11H15F2NOS/c1-11(2,3)16(15)14-7-8-4-9(12)6-10(13)5-8/h4-6,14H,7H2,1-3H3. The minimum absolute atomic E-state index is 0.179. The Labute approximate surface area is 96.6 Å². The highest BCUT2D eigenvalue weighted by molar-refractivity contribution is 7.84. The second kappa shape index (κ2) is 5.01. The summed E-state index contributed by atoms with van der Waals surface area (Å²) in [5.41, 5.74) is 0.440. The lowest BCUT2D eigenvalue weighted by molar-refractivity contribution is 0.578. The van der Waals surface area contributed by atoms with Gasteiger partial charge >= 0.3 is 0 Å². The van der Waals surface area contributed by atoms with Crippen LogP contribution >= 0.6 is 0 Å². The average Bonchev–Trinajstić information content (AvgIpc) is 2.11. The van der Waals surface area contributed by atoms with Crippen molar-refractivity contribution in [3.8, 4) is 0 Å². The van der Waals surface area contributed by atoms with E-state index in [4.69, 9.17) is 0 Å². The Morgan fingerprint density at radius 2 is 1.69 bits per heavy atom. The number of halogens is 2. The molecular formula is C11H15F2NOS. The molecule has 0 fully saturated rings. The molecule has 0 spiro atoms. The second-order valence-electron chi connectivity index (χ2n) is 4.48. The fourth-order valence-electron chi connectivity index (χ4n) is 1.08. The van der Waals surface area contributed by atoms with Crippen LogP contribution < -0.4 is 4.72 Å². The molecule has 0 amide bonds. The van der Waals surface area contributed by atoms with E-state index < -0.39 is 27.4 Å². The minimum Gasteiger partial charge on any atom is -0.242 e. The van der Waals surface area contributed by atoms with E-state index in [2.05, 4.69) is 4.72 Å². The molecule has 5 heteroatoms. The van der Waals surface area contributed by atoms with Gasteiger partial charge in [-0.15, -0.1) is 0 Å². The summed E-state index contributed by atoms with van der Waals surface area (Å²) >= 11 is 0. The zero-order valence-electron chi connectivity index (χ0n) is 9.51. The van der Waals surface area contributed by atoms with Crippen LogP contribution in [0.25, 0.3) is 0 Å². The Kier molecular flexibility index (Phi) is 4.15. The van der Waals surface area contributed by atoms with Crippen LogP contribution in [0.3, 0.4) is 0 Å². The molecule has 0 saturated carbocycles. The molecule has 2 nitrogen and oxygen atoms in total. The van der Waals surface area contributed by atoms with E-state index >= 15 is 0 Å². The number of rotatable bonds is 3. The third-order valence-corrected chi connectivity index (χ3v) is 3.40. The Morgan fingerprint density at radius 3 is 2.12 bits per heavy atom. The van der Waals surface area contributed by atoms with Crippen LogP contribution in [0.15, 0.2) is 18.2 Å². The zero-order chi connectivity index (χ0) is 12.3. The van der Waals surface area contributed by atoms with Gasteiger partial charge in [0.2, 0.25) is 0 Å². The van der Waals surface area contributed by atoms with Gasteiger partial charge in [-0.05, 0) is 38.5 Å². The molecule has 1 aromatic rings. The van der Waals surface area contributed by atoms with E-state index in [1.165, 1.54) is 12.1 Å². The fraction of sp³-hybridized carbons (Fsp3) is 0.455. The van der Waals surface area contributed by atoms with Crippen molar-refractivity contribution in [1.82, 2.24) is 4.72 Å². The van der Waals surface area contributed by atoms with E-state index in [1.807, 2.05) is 20.8 Å². The van der Waals surface area contributed by atoms with Gasteiger partial charge in [-0.2, -0.15) is 0 Å². The molecule has 90 valence electrons. The van der Waals surface area contributed by atoms with Crippen LogP contribution in [-0.4, -0.2) is 8.96 Å². The van der Waals surface area contributed by atoms with Crippen LogP contribution in [0.2, 0.25) is 0 Å². The average molecular weight is 247 g/mol. The highest BCUT2D eigenvalue weighted by Crippen LogP contribution is 2.11. The van der Waals surface area contributed by atoms with Crippen molar-refractivity contribution >= 4 is 11.0 Å². The normalized spacial score (nSPS) is 13.8. The summed E-state index contributed by atoms with van der Waals surface area (Å²) in [4.78, 5) is 0. The molecular weight excluding hydrogens is 232 g/mol. The topological polar surface area (TPSA) is 29.1 Å². The molecule has 0 aromatic heterocycles. The fourth-order valence-corrected chi connectivity index (χ4v) is 1.81. The summed E-state index contributed by atoms with van der Waals surface area (Å²) in [6.45, 7) is 5.64. The SMILES string of the molecule is CC(C)(C)S(=O)NCc1cc(F)cc(F)c1. The largest absolute Gasteiger partial charge is 0.242 e. The van der Waals surface area contributed by atoms with Crippen LogP contribution in [0, 0.1) is 11.6 Å². The highest BCUT2D eigenvalue weighted by Gasteiger charge is 2.18. The molecule has 1 unspecified atom stereocenters. The van der Waals surface area contributed by atoms with Gasteiger partial charge in [0.25, 0.3) is 0 Å². The first-order valence-electron chi connectivity index (χ1n) is 4.89. The molecule has 0 aliphatic heterocycles. The van der Waals surface area contributed by atoms with Gasteiger partial charge in [-0.25, -0.2) is 17.7 Å². The molecule has 16 heavy (non-hydrogen) atoms. The monoisotopic (exact) mass is 247 g/mol. The van der Waals surface area contributed by atoms with Crippen LogP contribution in [0.5, 0.6) is 0 Å².